The summed E-state index contributed by atoms with van der Waals surface area (Å²) < 4.78 is 26.2. The maximum Gasteiger partial charge on any atom is 0.235 e. The fourth-order valence-electron chi connectivity index (χ4n) is 2.31. The largest absolute Gasteiger partial charge is 0.270 e. The van der Waals surface area contributed by atoms with Crippen molar-refractivity contribution in [2.75, 3.05) is 16.6 Å². The molecule has 2 aromatic carbocycles. The number of hydrogen-bond donors (Lipinski definition) is 0. The highest BCUT2D eigenvalue weighted by Gasteiger charge is 2.21. The minimum atomic E-state index is -3.23. The SMILES string of the molecule is CCCS(=O)(=O)N(CC)c1cccc2ccccc12. The van der Waals surface area contributed by atoms with E-state index in [4.69, 9.17) is 0 Å². The van der Waals surface area contributed by atoms with Crippen molar-refractivity contribution in [3.05, 3.63) is 42.5 Å². The quantitative estimate of drug-likeness (QED) is 0.840. The molecule has 0 heterocycles. The standard InChI is InChI=1S/C15H19NO2S/c1-3-12-19(17,18)16(4-2)15-11-7-9-13-8-5-6-10-14(13)15/h5-11H,3-4,12H2,1-2H3. The Morgan fingerprint density at radius 1 is 1.00 bits per heavy atom. The third-order valence-corrected chi connectivity index (χ3v) is 5.17. The monoisotopic (exact) mass is 277 g/mol. The highest BCUT2D eigenvalue weighted by molar-refractivity contribution is 7.92. The Morgan fingerprint density at radius 3 is 2.37 bits per heavy atom. The Labute approximate surface area is 114 Å². The average molecular weight is 277 g/mol. The molecule has 2 aromatic rings. The van der Waals surface area contributed by atoms with Crippen molar-refractivity contribution in [1.82, 2.24) is 0 Å². The topological polar surface area (TPSA) is 37.4 Å². The van der Waals surface area contributed by atoms with Gasteiger partial charge in [-0.1, -0.05) is 43.3 Å². The predicted octanol–water partition coefficient (Wildman–Crippen LogP) is 3.41. The lowest BCUT2D eigenvalue weighted by molar-refractivity contribution is 0.590. The first-order chi connectivity index (χ1) is 9.10. The van der Waals surface area contributed by atoms with E-state index >= 15 is 0 Å². The number of rotatable bonds is 5. The van der Waals surface area contributed by atoms with Gasteiger partial charge in [-0.05, 0) is 24.8 Å². The Morgan fingerprint density at radius 2 is 1.68 bits per heavy atom. The first-order valence-corrected chi connectivity index (χ1v) is 8.19. The van der Waals surface area contributed by atoms with Crippen LogP contribution in [-0.2, 0) is 10.0 Å². The molecule has 0 amide bonds. The van der Waals surface area contributed by atoms with Crippen LogP contribution in [0, 0.1) is 0 Å². The first-order valence-electron chi connectivity index (χ1n) is 6.58. The van der Waals surface area contributed by atoms with Gasteiger partial charge in [-0.15, -0.1) is 0 Å². The fourth-order valence-corrected chi connectivity index (χ4v) is 3.90. The van der Waals surface area contributed by atoms with E-state index in [-0.39, 0.29) is 5.75 Å². The van der Waals surface area contributed by atoms with Crippen LogP contribution >= 0.6 is 0 Å². The summed E-state index contributed by atoms with van der Waals surface area (Å²) in [6.07, 6.45) is 0.629. The fraction of sp³-hybridized carbons (Fsp3) is 0.333. The second-order valence-electron chi connectivity index (χ2n) is 4.48. The van der Waals surface area contributed by atoms with Gasteiger partial charge in [0, 0.05) is 11.9 Å². The second kappa shape index (κ2) is 5.61. The van der Waals surface area contributed by atoms with E-state index in [1.54, 1.807) is 0 Å². The van der Waals surface area contributed by atoms with Crippen LogP contribution in [0.1, 0.15) is 20.3 Å². The molecule has 0 radical (unpaired) electrons. The molecule has 0 bridgehead atoms. The van der Waals surface area contributed by atoms with E-state index in [0.29, 0.717) is 13.0 Å². The van der Waals surface area contributed by atoms with Crippen LogP contribution in [0.25, 0.3) is 10.8 Å². The number of sulfonamides is 1. The zero-order valence-electron chi connectivity index (χ0n) is 11.3. The maximum atomic E-state index is 12.3. The summed E-state index contributed by atoms with van der Waals surface area (Å²) in [5.41, 5.74) is 0.772. The highest BCUT2D eigenvalue weighted by Crippen LogP contribution is 2.28. The van der Waals surface area contributed by atoms with Crippen LogP contribution in [-0.4, -0.2) is 20.7 Å². The lowest BCUT2D eigenvalue weighted by Gasteiger charge is -2.24. The summed E-state index contributed by atoms with van der Waals surface area (Å²) >= 11 is 0. The number of nitrogens with zero attached hydrogens (tertiary/aromatic N) is 1. The second-order valence-corrected chi connectivity index (χ2v) is 6.49. The Balaban J connectivity index is 2.59. The molecule has 0 aromatic heterocycles. The van der Waals surface area contributed by atoms with Gasteiger partial charge in [-0.2, -0.15) is 0 Å². The van der Waals surface area contributed by atoms with E-state index in [0.717, 1.165) is 16.5 Å². The van der Waals surface area contributed by atoms with Crippen molar-refractivity contribution in [3.8, 4) is 0 Å². The van der Waals surface area contributed by atoms with E-state index in [1.165, 1.54) is 4.31 Å². The molecule has 4 heteroatoms. The molecule has 0 unspecified atom stereocenters. The van der Waals surface area contributed by atoms with Crippen LogP contribution in [0.3, 0.4) is 0 Å². The third kappa shape index (κ3) is 2.73. The van der Waals surface area contributed by atoms with Gasteiger partial charge in [-0.25, -0.2) is 8.42 Å². The number of anilines is 1. The van der Waals surface area contributed by atoms with Gasteiger partial charge in [0.15, 0.2) is 0 Å². The van der Waals surface area contributed by atoms with E-state index < -0.39 is 10.0 Å². The molecular formula is C15H19NO2S. The molecule has 3 nitrogen and oxygen atoms in total. The summed E-state index contributed by atoms with van der Waals surface area (Å²) in [4.78, 5) is 0. The summed E-state index contributed by atoms with van der Waals surface area (Å²) in [7, 11) is -3.23. The molecule has 102 valence electrons. The predicted molar refractivity (Wildman–Crippen MR) is 81.0 cm³/mol. The van der Waals surface area contributed by atoms with Crippen molar-refractivity contribution in [2.24, 2.45) is 0 Å². The number of benzene rings is 2. The molecule has 0 spiro atoms. The zero-order valence-corrected chi connectivity index (χ0v) is 12.2. The van der Waals surface area contributed by atoms with Crippen LogP contribution < -0.4 is 4.31 Å². The van der Waals surface area contributed by atoms with E-state index in [9.17, 15) is 8.42 Å². The minimum absolute atomic E-state index is 0.185. The molecule has 0 saturated carbocycles. The van der Waals surface area contributed by atoms with E-state index in [2.05, 4.69) is 0 Å². The van der Waals surface area contributed by atoms with Gasteiger partial charge in [0.2, 0.25) is 10.0 Å². The third-order valence-electron chi connectivity index (χ3n) is 3.12. The molecule has 0 N–H and O–H groups in total. The summed E-state index contributed by atoms with van der Waals surface area (Å²) in [6.45, 7) is 4.21. The smallest absolute Gasteiger partial charge is 0.235 e. The lowest BCUT2D eigenvalue weighted by Crippen LogP contribution is -2.32. The van der Waals surface area contributed by atoms with Crippen molar-refractivity contribution >= 4 is 26.5 Å². The van der Waals surface area contributed by atoms with Gasteiger partial charge in [0.05, 0.1) is 11.4 Å². The number of fused-ring (bicyclic) bond motifs is 1. The average Bonchev–Trinajstić information content (AvgIpc) is 2.39. The lowest BCUT2D eigenvalue weighted by atomic mass is 10.1. The van der Waals surface area contributed by atoms with Gasteiger partial charge in [0.25, 0.3) is 0 Å². The molecular weight excluding hydrogens is 258 g/mol. The van der Waals surface area contributed by atoms with Crippen LogP contribution in [0.2, 0.25) is 0 Å². The van der Waals surface area contributed by atoms with Crippen LogP contribution in [0.4, 0.5) is 5.69 Å². The molecule has 0 aliphatic carbocycles. The Kier molecular flexibility index (Phi) is 4.10. The Bertz CT molecular complexity index is 659. The normalized spacial score (nSPS) is 11.7. The first kappa shape index (κ1) is 13.9. The maximum absolute atomic E-state index is 12.3. The van der Waals surface area contributed by atoms with Crippen molar-refractivity contribution in [3.63, 3.8) is 0 Å². The summed E-state index contributed by atoms with van der Waals surface area (Å²) in [5.74, 6) is 0.185. The Hall–Kier alpha value is -1.55. The highest BCUT2D eigenvalue weighted by atomic mass is 32.2. The van der Waals surface area contributed by atoms with Gasteiger partial charge in [0.1, 0.15) is 0 Å². The van der Waals surface area contributed by atoms with Gasteiger partial charge in [-0.3, -0.25) is 4.31 Å². The molecule has 0 aliphatic rings. The molecule has 0 fully saturated rings. The van der Waals surface area contributed by atoms with Crippen LogP contribution in [0.15, 0.2) is 42.5 Å². The van der Waals surface area contributed by atoms with Gasteiger partial charge >= 0.3 is 0 Å². The molecule has 2 rings (SSSR count). The minimum Gasteiger partial charge on any atom is -0.270 e. The summed E-state index contributed by atoms with van der Waals surface area (Å²) in [5, 5.41) is 2.04. The molecule has 19 heavy (non-hydrogen) atoms. The molecule has 0 aliphatic heterocycles. The molecule has 0 atom stereocenters. The molecule has 0 saturated heterocycles. The van der Waals surface area contributed by atoms with Crippen molar-refractivity contribution < 1.29 is 8.42 Å². The van der Waals surface area contributed by atoms with Crippen LogP contribution in [0.5, 0.6) is 0 Å². The zero-order chi connectivity index (χ0) is 13.9. The van der Waals surface area contributed by atoms with Crippen molar-refractivity contribution in [2.45, 2.75) is 20.3 Å². The van der Waals surface area contributed by atoms with Crippen molar-refractivity contribution in [1.29, 1.82) is 0 Å². The number of hydrogen-bond acceptors (Lipinski definition) is 2. The van der Waals surface area contributed by atoms with E-state index in [1.807, 2.05) is 56.3 Å². The van der Waals surface area contributed by atoms with Gasteiger partial charge < -0.3 is 0 Å². The summed E-state index contributed by atoms with van der Waals surface area (Å²) in [6, 6.07) is 13.6.